The van der Waals surface area contributed by atoms with Crippen LogP contribution >= 0.6 is 0 Å². The van der Waals surface area contributed by atoms with E-state index in [1.807, 2.05) is 75.8 Å². The van der Waals surface area contributed by atoms with E-state index in [1.165, 1.54) is 54.2 Å². The molecule has 12 aromatic rings. The Morgan fingerprint density at radius 1 is 0.361 bits per heavy atom. The first-order valence-corrected chi connectivity index (χ1v) is 39.9. The summed E-state index contributed by atoms with van der Waals surface area (Å²) in [6, 6.07) is 33.5. The summed E-state index contributed by atoms with van der Waals surface area (Å²) >= 11 is 0. The van der Waals surface area contributed by atoms with Gasteiger partial charge in [-0.15, -0.1) is 0 Å². The second-order valence-electron chi connectivity index (χ2n) is 32.6. The number of carbonyl (C=O) groups is 3. The van der Waals surface area contributed by atoms with Crippen LogP contribution in [-0.2, 0) is 0 Å². The first kappa shape index (κ1) is 72.4. The summed E-state index contributed by atoms with van der Waals surface area (Å²) in [5.41, 5.74) is 17.1. The van der Waals surface area contributed by atoms with E-state index in [0.717, 1.165) is 216 Å². The zero-order valence-corrected chi connectivity index (χ0v) is 62.9. The van der Waals surface area contributed by atoms with Gasteiger partial charge in [-0.1, -0.05) is 20.8 Å². The number of benzene rings is 6. The van der Waals surface area contributed by atoms with E-state index in [1.54, 1.807) is 36.4 Å². The van der Waals surface area contributed by atoms with E-state index in [0.29, 0.717) is 88.1 Å². The molecule has 6 aromatic carbocycles. The maximum atomic E-state index is 13.9. The van der Waals surface area contributed by atoms with E-state index >= 15 is 0 Å². The highest BCUT2D eigenvalue weighted by molar-refractivity contribution is 6.00. The van der Waals surface area contributed by atoms with Gasteiger partial charge in [0.25, 0.3) is 17.7 Å². The minimum absolute atomic E-state index is 0.00994. The van der Waals surface area contributed by atoms with Gasteiger partial charge in [0, 0.05) is 87.3 Å². The second kappa shape index (κ2) is 31.0. The molecule has 6 saturated carbocycles. The topological polar surface area (TPSA) is 212 Å². The van der Waals surface area contributed by atoms with Crippen LogP contribution in [0.15, 0.2) is 128 Å². The average Bonchev–Trinajstić information content (AvgIpc) is 1.59. The van der Waals surface area contributed by atoms with Crippen LogP contribution in [0.25, 0.3) is 65.8 Å². The molecule has 6 N–H and O–H groups in total. The van der Waals surface area contributed by atoms with Gasteiger partial charge in [-0.05, 0) is 334 Å². The number of fused-ring (bicyclic) bond motifs is 6. The minimum Gasteiger partial charge on any atom is -0.349 e. The minimum atomic E-state index is -0.206. The summed E-state index contributed by atoms with van der Waals surface area (Å²) < 4.78 is 41.8. The number of aromatic nitrogens is 9. The number of carbonyl (C=O) groups excluding carboxylic acids is 3. The molecule has 0 bridgehead atoms. The molecule has 558 valence electrons. The Labute approximate surface area is 629 Å². The lowest BCUT2D eigenvalue weighted by Crippen LogP contribution is -2.39. The molecule has 0 radical (unpaired) electrons. The van der Waals surface area contributed by atoms with Gasteiger partial charge in [-0.2, -0.15) is 0 Å². The van der Waals surface area contributed by atoms with Crippen LogP contribution < -0.4 is 16.0 Å². The van der Waals surface area contributed by atoms with E-state index in [4.69, 9.17) is 15.0 Å². The van der Waals surface area contributed by atoms with Crippen molar-refractivity contribution in [2.45, 2.75) is 230 Å². The highest BCUT2D eigenvalue weighted by Gasteiger charge is 2.34. The Balaban J connectivity index is 0.000000124. The molecule has 3 atom stereocenters. The number of nitrogens with zero attached hydrogens (tertiary/aromatic N) is 6. The van der Waals surface area contributed by atoms with Crippen molar-refractivity contribution in [3.8, 4) is 0 Å². The Morgan fingerprint density at radius 3 is 0.880 bits per heavy atom. The van der Waals surface area contributed by atoms with Gasteiger partial charge in [-0.25, -0.2) is 28.1 Å². The summed E-state index contributed by atoms with van der Waals surface area (Å²) in [7, 11) is 0. The number of aryl methyl sites for hydroxylation is 3. The van der Waals surface area contributed by atoms with E-state index in [9.17, 15) is 27.6 Å². The molecule has 0 saturated heterocycles. The molecule has 0 aliphatic heterocycles. The van der Waals surface area contributed by atoms with E-state index < -0.39 is 0 Å². The number of nitrogens with one attached hydrogen (secondary N) is 6. The van der Waals surface area contributed by atoms with Gasteiger partial charge in [0.2, 0.25) is 0 Å². The summed E-state index contributed by atoms with van der Waals surface area (Å²) in [5, 5.41) is 12.2. The average molecular weight is 1450 g/mol. The number of H-pyrrole nitrogens is 3. The monoisotopic (exact) mass is 1450 g/mol. The van der Waals surface area contributed by atoms with Gasteiger partial charge >= 0.3 is 0 Å². The highest BCUT2D eigenvalue weighted by Crippen LogP contribution is 2.47. The molecule has 6 heterocycles. The molecule has 6 fully saturated rings. The van der Waals surface area contributed by atoms with Crippen molar-refractivity contribution in [2.24, 2.45) is 17.8 Å². The highest BCUT2D eigenvalue weighted by atomic mass is 19.1. The predicted octanol–water partition coefficient (Wildman–Crippen LogP) is 20.8. The third-order valence-corrected chi connectivity index (χ3v) is 25.8. The number of aromatic amines is 3. The van der Waals surface area contributed by atoms with E-state index in [-0.39, 0.29) is 35.2 Å². The number of amides is 3. The molecule has 18 rings (SSSR count). The van der Waals surface area contributed by atoms with Gasteiger partial charge < -0.3 is 30.9 Å². The van der Waals surface area contributed by atoms with Crippen molar-refractivity contribution >= 4 is 83.5 Å². The SMILES string of the molecule is Cc1cc(C(=O)NC2CCC2)cc2[nH]c(C(C)C3CCC(c4ccnc5ccc(F)cc45)CC3)nc12.Cc1cc(C(=O)NC2CCC2)cc2[nH]c([C@@H](C)C3CCC(c4ccnc5ccc(F)cc45)CC3)nc12.Cc1cc(C(=O)NC2CCC2)cc2[nH]c([C@H](C)C3CCC(c4ccnc5ccc(F)cc45)CC3)nc12. The lowest BCUT2D eigenvalue weighted by atomic mass is 9.73. The van der Waals surface area contributed by atoms with Crippen LogP contribution in [0, 0.1) is 56.0 Å². The maximum absolute atomic E-state index is 13.9. The molecular formula is C90H99F3N12O3. The Morgan fingerprint density at radius 2 is 0.630 bits per heavy atom. The van der Waals surface area contributed by atoms with Crippen molar-refractivity contribution in [1.82, 2.24) is 60.8 Å². The van der Waals surface area contributed by atoms with Gasteiger partial charge in [0.1, 0.15) is 34.9 Å². The number of hydrogen-bond acceptors (Lipinski definition) is 9. The Bertz CT molecular complexity index is 4820. The van der Waals surface area contributed by atoms with Crippen LogP contribution in [0.3, 0.4) is 0 Å². The first-order valence-electron chi connectivity index (χ1n) is 39.9. The molecule has 6 aromatic heterocycles. The smallest absolute Gasteiger partial charge is 0.251 e. The maximum Gasteiger partial charge on any atom is 0.251 e. The van der Waals surface area contributed by atoms with Crippen LogP contribution in [0.1, 0.15) is 273 Å². The van der Waals surface area contributed by atoms with Crippen LogP contribution in [-0.4, -0.2) is 80.7 Å². The van der Waals surface area contributed by atoms with Crippen molar-refractivity contribution in [2.75, 3.05) is 0 Å². The van der Waals surface area contributed by atoms with Crippen LogP contribution in [0.2, 0.25) is 0 Å². The molecule has 15 nitrogen and oxygen atoms in total. The molecule has 1 unspecified atom stereocenters. The largest absolute Gasteiger partial charge is 0.349 e. The fourth-order valence-corrected chi connectivity index (χ4v) is 18.4. The molecule has 108 heavy (non-hydrogen) atoms. The normalized spacial score (nSPS) is 21.4. The lowest BCUT2D eigenvalue weighted by molar-refractivity contribution is 0.0908. The van der Waals surface area contributed by atoms with Gasteiger partial charge in [-0.3, -0.25) is 29.3 Å². The molecule has 6 aliphatic carbocycles. The number of hydrogen-bond donors (Lipinski definition) is 6. The summed E-state index contributed by atoms with van der Waals surface area (Å²) in [4.78, 5) is 76.9. The Kier molecular flexibility index (Phi) is 20.8. The quantitative estimate of drug-likeness (QED) is 0.0575. The van der Waals surface area contributed by atoms with Crippen molar-refractivity contribution in [3.63, 3.8) is 0 Å². The van der Waals surface area contributed by atoms with Gasteiger partial charge in [0.05, 0.1) is 49.7 Å². The fraction of sp³-hybridized carbons (Fsp3) is 0.433. The zero-order valence-electron chi connectivity index (χ0n) is 62.9. The molecule has 0 spiro atoms. The third kappa shape index (κ3) is 15.2. The molecule has 3 amide bonds. The van der Waals surface area contributed by atoms with Gasteiger partial charge in [0.15, 0.2) is 0 Å². The van der Waals surface area contributed by atoms with Crippen molar-refractivity contribution in [1.29, 1.82) is 0 Å². The number of halogens is 3. The third-order valence-electron chi connectivity index (χ3n) is 25.8. The number of imidazole rings is 3. The zero-order chi connectivity index (χ0) is 74.4. The van der Waals surface area contributed by atoms with E-state index in [2.05, 4.69) is 84.8 Å². The Hall–Kier alpha value is -9.84. The fourth-order valence-electron chi connectivity index (χ4n) is 18.4. The molecule has 18 heteroatoms. The molecular weight excluding hydrogens is 1350 g/mol. The predicted molar refractivity (Wildman–Crippen MR) is 422 cm³/mol. The summed E-state index contributed by atoms with van der Waals surface area (Å²) in [6.45, 7) is 12.9. The van der Waals surface area contributed by atoms with Crippen LogP contribution in [0.4, 0.5) is 13.2 Å². The summed E-state index contributed by atoms with van der Waals surface area (Å²) in [6.07, 6.45) is 28.7. The van der Waals surface area contributed by atoms with Crippen LogP contribution in [0.5, 0.6) is 0 Å². The van der Waals surface area contributed by atoms with Crippen molar-refractivity contribution < 1.29 is 27.6 Å². The second-order valence-corrected chi connectivity index (χ2v) is 32.6. The summed E-state index contributed by atoms with van der Waals surface area (Å²) in [5.74, 6) is 6.22. The number of rotatable bonds is 15. The number of pyridine rings is 3. The van der Waals surface area contributed by atoms with Crippen molar-refractivity contribution in [3.05, 3.63) is 213 Å². The lowest BCUT2D eigenvalue weighted by Gasteiger charge is -2.32. The molecule has 6 aliphatic rings. The first-order chi connectivity index (χ1) is 52.4. The standard InChI is InChI=1S/3C30H33FN4O/c3*1-17-14-21(30(36)33-23-4-3-5-23)15-27-28(17)35-29(34-27)18(2)19-6-8-20(9-7-19)24-12-13-32-26-11-10-22(31)16-25(24)26/h3*10-16,18-20,23H,3-9H2,1-2H3,(H,33,36)(H,34,35)/t2*18-,19?,20?;/m10./s1.